The minimum atomic E-state index is -0.203. The molecule has 1 aromatic heterocycles. The number of nitrogen functional groups attached to an aromatic ring is 1. The molecule has 1 heterocycles. The number of hydrogen-bond donors (Lipinski definition) is 3. The van der Waals surface area contributed by atoms with Gasteiger partial charge in [-0.05, 0) is 19.8 Å². The highest BCUT2D eigenvalue weighted by Crippen LogP contribution is 2.14. The van der Waals surface area contributed by atoms with Crippen LogP contribution in [0.1, 0.15) is 29.0 Å². The van der Waals surface area contributed by atoms with Gasteiger partial charge in [-0.25, -0.2) is 0 Å². The molecule has 0 bridgehead atoms. The fourth-order valence-corrected chi connectivity index (χ4v) is 1.60. The Hall–Kier alpha value is -1.78. The molecular weight excluding hydrogens is 192 g/mol. The van der Waals surface area contributed by atoms with Gasteiger partial charge in [-0.2, -0.15) is 5.10 Å². The average Bonchev–Trinajstić information content (AvgIpc) is 2.79. The first-order chi connectivity index (χ1) is 7.18. The second-order valence-corrected chi connectivity index (χ2v) is 3.72. The van der Waals surface area contributed by atoms with Gasteiger partial charge in [0.1, 0.15) is 0 Å². The minimum absolute atomic E-state index is 0.189. The summed E-state index contributed by atoms with van der Waals surface area (Å²) >= 11 is 0. The summed E-state index contributed by atoms with van der Waals surface area (Å²) in [6.07, 6.45) is 5.89. The van der Waals surface area contributed by atoms with Crippen LogP contribution in [0.25, 0.3) is 0 Å². The number of hydrogen-bond acceptors (Lipinski definition) is 3. The monoisotopic (exact) mass is 206 g/mol. The van der Waals surface area contributed by atoms with Gasteiger partial charge < -0.3 is 11.1 Å². The quantitative estimate of drug-likeness (QED) is 0.624. The van der Waals surface area contributed by atoms with Crippen molar-refractivity contribution in [2.24, 2.45) is 0 Å². The van der Waals surface area contributed by atoms with Crippen LogP contribution in [0.4, 0.5) is 5.69 Å². The summed E-state index contributed by atoms with van der Waals surface area (Å²) in [6.45, 7) is 1.79. The van der Waals surface area contributed by atoms with Gasteiger partial charge >= 0.3 is 0 Å². The second kappa shape index (κ2) is 3.76. The smallest absolute Gasteiger partial charge is 0.274 e. The Balaban J connectivity index is 2.04. The minimum Gasteiger partial charge on any atom is -0.395 e. The molecule has 0 fully saturated rings. The van der Waals surface area contributed by atoms with Crippen molar-refractivity contribution in [3.8, 4) is 0 Å². The third-order valence-corrected chi connectivity index (χ3v) is 2.55. The lowest BCUT2D eigenvalue weighted by Gasteiger charge is -2.10. The van der Waals surface area contributed by atoms with Gasteiger partial charge in [0.15, 0.2) is 5.69 Å². The summed E-state index contributed by atoms with van der Waals surface area (Å²) in [5.74, 6) is -0.203. The molecule has 15 heavy (non-hydrogen) atoms. The molecule has 0 atom stereocenters. The molecule has 1 aromatic rings. The Morgan fingerprint density at radius 2 is 2.27 bits per heavy atom. The van der Waals surface area contributed by atoms with Crippen LogP contribution >= 0.6 is 0 Å². The molecule has 0 radical (unpaired) electrons. The number of carbonyl (C=O) groups excluding carboxylic acids is 1. The normalized spacial score (nSPS) is 15.8. The van der Waals surface area contributed by atoms with Crippen LogP contribution in [0.2, 0.25) is 0 Å². The third-order valence-electron chi connectivity index (χ3n) is 2.55. The maximum absolute atomic E-state index is 11.7. The van der Waals surface area contributed by atoms with Gasteiger partial charge in [0, 0.05) is 6.04 Å². The number of rotatable bonds is 2. The summed E-state index contributed by atoms with van der Waals surface area (Å²) in [7, 11) is 0. The Labute approximate surface area is 87.7 Å². The van der Waals surface area contributed by atoms with E-state index in [4.69, 9.17) is 5.73 Å². The zero-order chi connectivity index (χ0) is 10.8. The third kappa shape index (κ3) is 1.86. The first-order valence-electron chi connectivity index (χ1n) is 4.95. The van der Waals surface area contributed by atoms with Crippen LogP contribution in [-0.4, -0.2) is 22.1 Å². The number of amides is 1. The fourth-order valence-electron chi connectivity index (χ4n) is 1.60. The summed E-state index contributed by atoms with van der Waals surface area (Å²) in [6, 6.07) is 0.189. The number of carbonyl (C=O) groups is 1. The number of aromatic nitrogens is 2. The van der Waals surface area contributed by atoms with Gasteiger partial charge in [-0.15, -0.1) is 0 Å². The number of aromatic amines is 1. The van der Waals surface area contributed by atoms with Crippen molar-refractivity contribution in [1.82, 2.24) is 15.5 Å². The van der Waals surface area contributed by atoms with Gasteiger partial charge in [-0.3, -0.25) is 9.89 Å². The molecule has 0 spiro atoms. The molecule has 5 nitrogen and oxygen atoms in total. The molecule has 80 valence electrons. The lowest BCUT2D eigenvalue weighted by molar-refractivity contribution is 0.0935. The Kier molecular flexibility index (Phi) is 2.45. The molecule has 0 saturated heterocycles. The lowest BCUT2D eigenvalue weighted by atomic mass is 10.2. The van der Waals surface area contributed by atoms with E-state index in [1.54, 1.807) is 6.92 Å². The molecule has 1 aliphatic carbocycles. The van der Waals surface area contributed by atoms with E-state index in [-0.39, 0.29) is 11.9 Å². The molecule has 4 N–H and O–H groups in total. The Morgan fingerprint density at radius 3 is 2.80 bits per heavy atom. The van der Waals surface area contributed by atoms with Crippen molar-refractivity contribution in [2.45, 2.75) is 25.8 Å². The van der Waals surface area contributed by atoms with Crippen molar-refractivity contribution < 1.29 is 4.79 Å². The number of anilines is 1. The summed E-state index contributed by atoms with van der Waals surface area (Å²) < 4.78 is 0. The first-order valence-corrected chi connectivity index (χ1v) is 4.95. The molecular formula is C10H14N4O. The van der Waals surface area contributed by atoms with Gasteiger partial charge in [-0.1, -0.05) is 12.2 Å². The summed E-state index contributed by atoms with van der Waals surface area (Å²) in [5.41, 5.74) is 7.15. The summed E-state index contributed by atoms with van der Waals surface area (Å²) in [5, 5.41) is 9.45. The number of H-pyrrole nitrogens is 1. The standard InChI is InChI=1S/C10H14N4O/c1-6-8(11)9(14-13-6)10(15)12-7-4-2-3-5-7/h2-3,7H,4-5,11H2,1H3,(H,12,15)(H,13,14). The predicted octanol–water partition coefficient (Wildman–Crippen LogP) is 0.749. The molecule has 5 heteroatoms. The maximum atomic E-state index is 11.7. The fraction of sp³-hybridized carbons (Fsp3) is 0.400. The molecule has 0 unspecified atom stereocenters. The van der Waals surface area contributed by atoms with Crippen molar-refractivity contribution in [2.75, 3.05) is 5.73 Å². The van der Waals surface area contributed by atoms with E-state index in [2.05, 4.69) is 27.7 Å². The zero-order valence-corrected chi connectivity index (χ0v) is 8.58. The second-order valence-electron chi connectivity index (χ2n) is 3.72. The number of nitrogens with one attached hydrogen (secondary N) is 2. The van der Waals surface area contributed by atoms with E-state index in [0.717, 1.165) is 18.5 Å². The molecule has 0 aromatic carbocycles. The molecule has 2 rings (SSSR count). The lowest BCUT2D eigenvalue weighted by Crippen LogP contribution is -2.33. The van der Waals surface area contributed by atoms with Crippen LogP contribution in [0.15, 0.2) is 12.2 Å². The van der Waals surface area contributed by atoms with Crippen LogP contribution < -0.4 is 11.1 Å². The largest absolute Gasteiger partial charge is 0.395 e. The van der Waals surface area contributed by atoms with E-state index in [1.807, 2.05) is 0 Å². The van der Waals surface area contributed by atoms with Crippen LogP contribution in [-0.2, 0) is 0 Å². The Morgan fingerprint density at radius 1 is 1.60 bits per heavy atom. The van der Waals surface area contributed by atoms with E-state index < -0.39 is 0 Å². The molecule has 1 aliphatic rings. The van der Waals surface area contributed by atoms with Crippen molar-refractivity contribution in [3.63, 3.8) is 0 Å². The molecule has 0 aliphatic heterocycles. The molecule has 0 saturated carbocycles. The highest BCUT2D eigenvalue weighted by molar-refractivity contribution is 5.97. The van der Waals surface area contributed by atoms with Crippen LogP contribution in [0.3, 0.4) is 0 Å². The zero-order valence-electron chi connectivity index (χ0n) is 8.58. The van der Waals surface area contributed by atoms with E-state index >= 15 is 0 Å². The highest BCUT2D eigenvalue weighted by atomic mass is 16.2. The molecule has 1 amide bonds. The van der Waals surface area contributed by atoms with E-state index in [9.17, 15) is 4.79 Å². The number of aryl methyl sites for hydroxylation is 1. The van der Waals surface area contributed by atoms with E-state index in [0.29, 0.717) is 11.4 Å². The summed E-state index contributed by atoms with van der Waals surface area (Å²) in [4.78, 5) is 11.7. The van der Waals surface area contributed by atoms with Crippen molar-refractivity contribution in [1.29, 1.82) is 0 Å². The first kappa shape index (κ1) is 9.76. The van der Waals surface area contributed by atoms with Gasteiger partial charge in [0.2, 0.25) is 0 Å². The Bertz CT molecular complexity index is 400. The number of nitrogens with zero attached hydrogens (tertiary/aromatic N) is 1. The van der Waals surface area contributed by atoms with Crippen LogP contribution in [0, 0.1) is 6.92 Å². The maximum Gasteiger partial charge on any atom is 0.274 e. The SMILES string of the molecule is Cc1[nH]nc(C(=O)NC2CC=CC2)c1N. The van der Waals surface area contributed by atoms with E-state index in [1.165, 1.54) is 0 Å². The average molecular weight is 206 g/mol. The van der Waals surface area contributed by atoms with Crippen molar-refractivity contribution in [3.05, 3.63) is 23.5 Å². The van der Waals surface area contributed by atoms with Crippen molar-refractivity contribution >= 4 is 11.6 Å². The number of nitrogens with two attached hydrogens (primary N) is 1. The predicted molar refractivity (Wildman–Crippen MR) is 57.4 cm³/mol. The highest BCUT2D eigenvalue weighted by Gasteiger charge is 2.19. The topological polar surface area (TPSA) is 83.8 Å². The van der Waals surface area contributed by atoms with Crippen LogP contribution in [0.5, 0.6) is 0 Å². The van der Waals surface area contributed by atoms with Gasteiger partial charge in [0.25, 0.3) is 5.91 Å². The van der Waals surface area contributed by atoms with Gasteiger partial charge in [0.05, 0.1) is 11.4 Å².